The number of hydrogen-bond acceptors (Lipinski definition) is 1. The lowest BCUT2D eigenvalue weighted by molar-refractivity contribution is 0.102. The highest BCUT2D eigenvalue weighted by Gasteiger charge is 2.18. The van der Waals surface area contributed by atoms with Gasteiger partial charge in [0.25, 0.3) is 5.91 Å². The molecule has 0 spiro atoms. The minimum absolute atomic E-state index is 0.0617. The summed E-state index contributed by atoms with van der Waals surface area (Å²) in [5.74, 6) is -0.0617. The van der Waals surface area contributed by atoms with Gasteiger partial charge in [-0.2, -0.15) is 0 Å². The second-order valence-electron chi connectivity index (χ2n) is 5.78. The number of benzene rings is 3. The number of rotatable bonds is 2. The molecule has 0 aliphatic heterocycles. The van der Waals surface area contributed by atoms with Crippen LogP contribution in [0.1, 0.15) is 21.5 Å². The van der Waals surface area contributed by atoms with E-state index in [2.05, 4.69) is 86.9 Å². The molecule has 1 N–H and O–H groups in total. The van der Waals surface area contributed by atoms with Crippen LogP contribution in [-0.4, -0.2) is 5.91 Å². The van der Waals surface area contributed by atoms with E-state index in [9.17, 15) is 4.79 Å². The third-order valence-electron chi connectivity index (χ3n) is 4.22. The van der Waals surface area contributed by atoms with Gasteiger partial charge in [-0.15, -0.1) is 0 Å². The van der Waals surface area contributed by atoms with Crippen LogP contribution < -0.4 is 5.32 Å². The molecule has 0 saturated carbocycles. The Hall–Kier alpha value is -1.41. The Bertz CT molecular complexity index is 966. The summed E-state index contributed by atoms with van der Waals surface area (Å²) in [7, 11) is 0. The summed E-state index contributed by atoms with van der Waals surface area (Å²) in [5, 5.41) is 3.04. The molecule has 0 fully saturated rings. The summed E-state index contributed by atoms with van der Waals surface area (Å²) in [6, 6.07) is 20.6. The number of nitrogens with one attached hydrogen (secondary N) is 1. The van der Waals surface area contributed by atoms with E-state index < -0.39 is 0 Å². The number of fused-ring (bicyclic) bond motifs is 3. The minimum Gasteiger partial charge on any atom is -0.322 e. The molecule has 24 heavy (non-hydrogen) atoms. The van der Waals surface area contributed by atoms with Gasteiger partial charge in [0.2, 0.25) is 0 Å². The Morgan fingerprint density at radius 2 is 1.67 bits per heavy atom. The quantitative estimate of drug-likeness (QED) is 0.326. The summed E-state index contributed by atoms with van der Waals surface area (Å²) in [5.41, 5.74) is 6.76. The topological polar surface area (TPSA) is 29.1 Å². The van der Waals surface area contributed by atoms with Crippen molar-refractivity contribution in [3.05, 3.63) is 84.5 Å². The summed E-state index contributed by atoms with van der Waals surface area (Å²) >= 11 is 4.43. The number of hydrogen-bond donors (Lipinski definition) is 1. The van der Waals surface area contributed by atoms with Crippen molar-refractivity contribution in [2.75, 3.05) is 5.32 Å². The van der Waals surface area contributed by atoms with Gasteiger partial charge >= 0.3 is 0 Å². The van der Waals surface area contributed by atoms with E-state index >= 15 is 0 Å². The third kappa shape index (κ3) is 2.97. The normalized spacial score (nSPS) is 11.8. The summed E-state index contributed by atoms with van der Waals surface area (Å²) < 4.78 is 2.02. The highest BCUT2D eigenvalue weighted by Crippen LogP contribution is 2.37. The van der Waals surface area contributed by atoms with E-state index in [1.165, 1.54) is 22.3 Å². The molecule has 1 aliphatic rings. The van der Waals surface area contributed by atoms with Gasteiger partial charge in [0.05, 0.1) is 5.56 Å². The van der Waals surface area contributed by atoms with E-state index in [4.69, 9.17) is 0 Å². The first-order valence-electron chi connectivity index (χ1n) is 7.59. The van der Waals surface area contributed by atoms with E-state index in [1.54, 1.807) is 0 Å². The predicted molar refractivity (Wildman–Crippen MR) is 115 cm³/mol. The van der Waals surface area contributed by atoms with Crippen LogP contribution in [0.5, 0.6) is 0 Å². The second-order valence-corrected chi connectivity index (χ2v) is 8.19. The lowest BCUT2D eigenvalue weighted by atomic mass is 10.1. The standard InChI is InChI=1S/C20H13I2NO/c21-14-5-8-19(22)18(11-14)20(24)23-15-6-7-17-13(10-15)9-12-3-1-2-4-16(12)17/h1-8,10-11H,9H2,(H,23,24). The zero-order valence-corrected chi connectivity index (χ0v) is 17.0. The Balaban J connectivity index is 1.62. The molecule has 4 heteroatoms. The van der Waals surface area contributed by atoms with Crippen LogP contribution in [-0.2, 0) is 6.42 Å². The minimum atomic E-state index is -0.0617. The van der Waals surface area contributed by atoms with E-state index in [1.807, 2.05) is 24.3 Å². The first kappa shape index (κ1) is 16.1. The first-order valence-corrected chi connectivity index (χ1v) is 9.75. The molecule has 0 aromatic heterocycles. The molecular weight excluding hydrogens is 524 g/mol. The molecule has 0 unspecified atom stereocenters. The van der Waals surface area contributed by atoms with Crippen LogP contribution in [0.3, 0.4) is 0 Å². The van der Waals surface area contributed by atoms with E-state index in [0.29, 0.717) is 5.56 Å². The van der Waals surface area contributed by atoms with Gasteiger partial charge in [0.15, 0.2) is 0 Å². The maximum atomic E-state index is 12.6. The Morgan fingerprint density at radius 1 is 0.875 bits per heavy atom. The summed E-state index contributed by atoms with van der Waals surface area (Å²) in [6.07, 6.45) is 0.927. The van der Waals surface area contributed by atoms with Crippen LogP contribution in [0.15, 0.2) is 60.7 Å². The van der Waals surface area contributed by atoms with Crippen molar-refractivity contribution in [3.8, 4) is 11.1 Å². The van der Waals surface area contributed by atoms with Crippen molar-refractivity contribution < 1.29 is 4.79 Å². The molecule has 3 aromatic rings. The van der Waals surface area contributed by atoms with Crippen molar-refractivity contribution in [2.45, 2.75) is 6.42 Å². The van der Waals surface area contributed by atoms with Gasteiger partial charge in [-0.3, -0.25) is 4.79 Å². The number of carbonyl (C=O) groups excluding carboxylic acids is 1. The molecule has 1 amide bonds. The van der Waals surface area contributed by atoms with Crippen molar-refractivity contribution in [2.24, 2.45) is 0 Å². The molecule has 0 bridgehead atoms. The van der Waals surface area contributed by atoms with Crippen molar-refractivity contribution in [1.82, 2.24) is 0 Å². The van der Waals surface area contributed by atoms with Gasteiger partial charge in [-0.05, 0) is 104 Å². The lowest BCUT2D eigenvalue weighted by Crippen LogP contribution is -2.13. The fraction of sp³-hybridized carbons (Fsp3) is 0.0500. The number of amides is 1. The number of anilines is 1. The molecule has 0 atom stereocenters. The van der Waals surface area contributed by atoms with Crippen LogP contribution in [0.25, 0.3) is 11.1 Å². The van der Waals surface area contributed by atoms with Crippen molar-refractivity contribution in [3.63, 3.8) is 0 Å². The highest BCUT2D eigenvalue weighted by atomic mass is 127. The first-order chi connectivity index (χ1) is 11.6. The molecule has 3 aromatic carbocycles. The number of halogens is 2. The van der Waals surface area contributed by atoms with Crippen LogP contribution >= 0.6 is 45.2 Å². The van der Waals surface area contributed by atoms with Crippen LogP contribution in [0.4, 0.5) is 5.69 Å². The van der Waals surface area contributed by atoms with Gasteiger partial charge in [-0.1, -0.05) is 30.3 Å². The lowest BCUT2D eigenvalue weighted by Gasteiger charge is -2.09. The molecule has 1 aliphatic carbocycles. The smallest absolute Gasteiger partial charge is 0.256 e. The fourth-order valence-electron chi connectivity index (χ4n) is 3.09. The third-order valence-corrected chi connectivity index (χ3v) is 5.84. The molecule has 2 nitrogen and oxygen atoms in total. The largest absolute Gasteiger partial charge is 0.322 e. The van der Waals surface area contributed by atoms with E-state index in [-0.39, 0.29) is 5.91 Å². The van der Waals surface area contributed by atoms with Gasteiger partial charge in [-0.25, -0.2) is 0 Å². The van der Waals surface area contributed by atoms with Crippen LogP contribution in [0.2, 0.25) is 0 Å². The maximum absolute atomic E-state index is 12.6. The van der Waals surface area contributed by atoms with Crippen molar-refractivity contribution >= 4 is 56.8 Å². The van der Waals surface area contributed by atoms with Crippen molar-refractivity contribution in [1.29, 1.82) is 0 Å². The maximum Gasteiger partial charge on any atom is 0.256 e. The average molecular weight is 537 g/mol. The van der Waals surface area contributed by atoms with Gasteiger partial charge < -0.3 is 5.32 Å². The molecule has 4 rings (SSSR count). The molecule has 0 radical (unpaired) electrons. The average Bonchev–Trinajstić information content (AvgIpc) is 2.94. The SMILES string of the molecule is O=C(Nc1ccc2c(c1)Cc1ccccc1-2)c1cc(I)ccc1I. The zero-order chi connectivity index (χ0) is 16.7. The zero-order valence-electron chi connectivity index (χ0n) is 12.6. The molecule has 0 heterocycles. The van der Waals surface area contributed by atoms with Gasteiger partial charge in [0, 0.05) is 12.8 Å². The molecule has 118 valence electrons. The summed E-state index contributed by atoms with van der Waals surface area (Å²) in [4.78, 5) is 12.6. The summed E-state index contributed by atoms with van der Waals surface area (Å²) in [6.45, 7) is 0. The predicted octanol–water partition coefficient (Wildman–Crippen LogP) is 5.72. The Kier molecular flexibility index (Phi) is 4.34. The monoisotopic (exact) mass is 537 g/mol. The molecule has 0 saturated heterocycles. The molecular formula is C20H13I2NO. The Labute approximate surface area is 168 Å². The fourth-order valence-corrected chi connectivity index (χ4v) is 4.16. The Morgan fingerprint density at radius 3 is 2.54 bits per heavy atom. The van der Waals surface area contributed by atoms with Crippen LogP contribution in [0, 0.1) is 7.14 Å². The number of carbonyl (C=O) groups is 1. The second kappa shape index (κ2) is 6.48. The van der Waals surface area contributed by atoms with Gasteiger partial charge in [0.1, 0.15) is 0 Å². The highest BCUT2D eigenvalue weighted by molar-refractivity contribution is 14.1. The van der Waals surface area contributed by atoms with E-state index in [0.717, 1.165) is 19.2 Å².